The highest BCUT2D eigenvalue weighted by molar-refractivity contribution is 5.95. The van der Waals surface area contributed by atoms with Gasteiger partial charge in [-0.3, -0.25) is 9.59 Å². The van der Waals surface area contributed by atoms with Crippen molar-refractivity contribution in [2.24, 2.45) is 11.7 Å². The Bertz CT molecular complexity index is 1920. The second kappa shape index (κ2) is 11.8. The van der Waals surface area contributed by atoms with E-state index in [4.69, 9.17) is 20.2 Å². The molecule has 1 aromatic heterocycles. The number of aliphatic hydroxyl groups is 1. The van der Waals surface area contributed by atoms with E-state index in [1.165, 1.54) is 61.7 Å². The van der Waals surface area contributed by atoms with Gasteiger partial charge < -0.3 is 25.6 Å². The van der Waals surface area contributed by atoms with Crippen LogP contribution in [0.3, 0.4) is 0 Å². The molecule has 2 amide bonds. The van der Waals surface area contributed by atoms with Crippen LogP contribution in [0.5, 0.6) is 11.5 Å². The molecule has 6 rings (SSSR count). The van der Waals surface area contributed by atoms with Crippen molar-refractivity contribution in [1.82, 2.24) is 10.3 Å². The van der Waals surface area contributed by atoms with E-state index in [1.54, 1.807) is 25.1 Å². The molecule has 0 saturated heterocycles. The van der Waals surface area contributed by atoms with Crippen LogP contribution in [0.2, 0.25) is 0 Å². The summed E-state index contributed by atoms with van der Waals surface area (Å²) in [4.78, 5) is 30.9. The lowest BCUT2D eigenvalue weighted by atomic mass is 9.81. The van der Waals surface area contributed by atoms with Gasteiger partial charge in [-0.15, -0.1) is 0 Å². The Morgan fingerprint density at radius 1 is 1.17 bits per heavy atom. The van der Waals surface area contributed by atoms with E-state index in [0.29, 0.717) is 51.6 Å². The van der Waals surface area contributed by atoms with Crippen LogP contribution in [-0.4, -0.2) is 48.6 Å². The van der Waals surface area contributed by atoms with E-state index in [1.807, 2.05) is 0 Å². The minimum Gasteiger partial charge on any atom is -0.496 e. The first-order valence-corrected chi connectivity index (χ1v) is 14.8. The zero-order chi connectivity index (χ0) is 32.8. The van der Waals surface area contributed by atoms with Crippen LogP contribution in [0.25, 0.3) is 23.4 Å². The second-order valence-electron chi connectivity index (χ2n) is 12.0. The summed E-state index contributed by atoms with van der Waals surface area (Å²) in [5.41, 5.74) is 4.27. The smallest absolute Gasteiger partial charge is 0.263 e. The second-order valence-corrected chi connectivity index (χ2v) is 12.0. The van der Waals surface area contributed by atoms with Crippen LogP contribution in [0.15, 0.2) is 66.3 Å². The number of amides is 2. The van der Waals surface area contributed by atoms with Crippen molar-refractivity contribution in [3.63, 3.8) is 0 Å². The average molecular weight is 632 g/mol. The number of halogens is 3. The van der Waals surface area contributed by atoms with E-state index in [-0.39, 0.29) is 35.9 Å². The normalized spacial score (nSPS) is 23.0. The van der Waals surface area contributed by atoms with Gasteiger partial charge in [0.2, 0.25) is 5.91 Å². The minimum atomic E-state index is -2.73. The number of benzene rings is 2. The quantitative estimate of drug-likeness (QED) is 0.333. The molecule has 8 nitrogen and oxygen atoms in total. The number of allylic oxidation sites excluding steroid dienone is 4. The van der Waals surface area contributed by atoms with Crippen molar-refractivity contribution in [3.8, 4) is 22.8 Å². The number of nitrogens with two attached hydrogens (primary N) is 1. The van der Waals surface area contributed by atoms with Gasteiger partial charge >= 0.3 is 0 Å². The van der Waals surface area contributed by atoms with E-state index in [2.05, 4.69) is 5.32 Å². The third-order valence-corrected chi connectivity index (χ3v) is 8.84. The molecule has 2 atom stereocenters. The summed E-state index contributed by atoms with van der Waals surface area (Å²) < 4.78 is 52.5. The molecule has 1 fully saturated rings. The fraction of sp³-hybridized carbons (Fsp3) is 0.286. The Morgan fingerprint density at radius 2 is 1.89 bits per heavy atom. The van der Waals surface area contributed by atoms with Crippen LogP contribution in [0.4, 0.5) is 13.2 Å². The largest absolute Gasteiger partial charge is 0.496 e. The lowest BCUT2D eigenvalue weighted by Crippen LogP contribution is -2.44. The first-order valence-electron chi connectivity index (χ1n) is 14.8. The summed E-state index contributed by atoms with van der Waals surface area (Å²) in [5.74, 6) is -1.29. The molecular formula is C35H32F3N3O5. The van der Waals surface area contributed by atoms with Crippen molar-refractivity contribution in [2.75, 3.05) is 20.3 Å². The fourth-order valence-corrected chi connectivity index (χ4v) is 5.86. The number of fused-ring (bicyclic) bond motifs is 2. The molecule has 4 N–H and O–H groups in total. The molecule has 0 radical (unpaired) electrons. The SMILES string of the molecule is COc1cc(C(=O)NC[C@](O)(c2cc3c(c(-c4ccc(F)cc4)n2)OC[C@]3(C)C(N)=O)C2CC2)cc2/c1=C/C=C/C=C(C(F)F)\C=2. The number of nitrogens with one attached hydrogen (secondary N) is 1. The molecule has 1 aliphatic heterocycles. The summed E-state index contributed by atoms with van der Waals surface area (Å²) in [6, 6.07) is 10.2. The number of aromatic nitrogens is 1. The maximum absolute atomic E-state index is 13.8. The summed E-state index contributed by atoms with van der Waals surface area (Å²) in [6.45, 7) is 1.35. The van der Waals surface area contributed by atoms with Gasteiger partial charge in [-0.25, -0.2) is 18.2 Å². The lowest BCUT2D eigenvalue weighted by molar-refractivity contribution is -0.123. The summed E-state index contributed by atoms with van der Waals surface area (Å²) in [6.07, 6.45) is 6.03. The summed E-state index contributed by atoms with van der Waals surface area (Å²) in [5, 5.41) is 15.9. The van der Waals surface area contributed by atoms with Crippen molar-refractivity contribution >= 4 is 24.0 Å². The number of hydrogen-bond acceptors (Lipinski definition) is 6. The topological polar surface area (TPSA) is 124 Å². The standard InChI is InChI=1S/C35H32F3N3O5/c1-34(33(39)43)18-46-30-26(34)16-28(41-29(30)19-7-11-24(36)12-8-19)35(44,23-9-10-23)17-40-32(42)22-14-21-13-20(31(37)38)5-3-4-6-25(21)27(15-22)45-2/h3-8,11-16,23,31,44H,9-10,17-18H2,1-2H3,(H2,39,43)(H,40,42)/b4-3+,5-3?,6-4?,20-5+,20-13?,21-13-,25-6-/t34-,35+/m0/s1. The molecule has 46 heavy (non-hydrogen) atoms. The third-order valence-electron chi connectivity index (χ3n) is 8.84. The number of nitrogens with zero attached hydrogens (tertiary/aromatic N) is 1. The Balaban J connectivity index is 1.39. The highest BCUT2D eigenvalue weighted by Crippen LogP contribution is 2.50. The molecule has 2 heterocycles. The number of carbonyl (C=O) groups is 2. The molecule has 1 saturated carbocycles. The van der Waals surface area contributed by atoms with Crippen molar-refractivity contribution in [1.29, 1.82) is 0 Å². The number of rotatable bonds is 9. The van der Waals surface area contributed by atoms with Crippen LogP contribution in [0, 0.1) is 11.7 Å². The molecule has 3 aromatic rings. The molecule has 3 aliphatic rings. The van der Waals surface area contributed by atoms with E-state index in [9.17, 15) is 27.9 Å². The average Bonchev–Trinajstić information content (AvgIpc) is 3.83. The van der Waals surface area contributed by atoms with E-state index < -0.39 is 35.1 Å². The molecule has 11 heteroatoms. The van der Waals surface area contributed by atoms with Gasteiger partial charge in [-0.1, -0.05) is 24.3 Å². The number of alkyl halides is 2. The maximum atomic E-state index is 13.8. The van der Waals surface area contributed by atoms with Gasteiger partial charge in [-0.2, -0.15) is 0 Å². The number of methoxy groups -OCH3 is 1. The first-order chi connectivity index (χ1) is 21.9. The number of ether oxygens (including phenoxy) is 2. The van der Waals surface area contributed by atoms with Crippen LogP contribution in [-0.2, 0) is 15.8 Å². The lowest BCUT2D eigenvalue weighted by Gasteiger charge is -2.30. The van der Waals surface area contributed by atoms with Gasteiger partial charge in [0.15, 0.2) is 0 Å². The van der Waals surface area contributed by atoms with E-state index >= 15 is 0 Å². The van der Waals surface area contributed by atoms with Gasteiger partial charge in [0.1, 0.15) is 40.6 Å². The number of primary amides is 1. The Hall–Kier alpha value is -4.90. The zero-order valence-electron chi connectivity index (χ0n) is 25.1. The molecule has 2 aromatic carbocycles. The van der Waals surface area contributed by atoms with Crippen LogP contribution >= 0.6 is 0 Å². The van der Waals surface area contributed by atoms with Crippen LogP contribution < -0.4 is 31.0 Å². The molecule has 0 spiro atoms. The minimum absolute atomic E-state index is 0.0392. The van der Waals surface area contributed by atoms with Crippen LogP contribution in [0.1, 0.15) is 41.4 Å². The molecule has 238 valence electrons. The molecule has 0 unspecified atom stereocenters. The highest BCUT2D eigenvalue weighted by Gasteiger charge is 2.50. The van der Waals surface area contributed by atoms with Gasteiger partial charge in [0.25, 0.3) is 12.3 Å². The zero-order valence-corrected chi connectivity index (χ0v) is 25.1. The molecule has 0 bridgehead atoms. The van der Waals surface area contributed by atoms with Gasteiger partial charge in [0.05, 0.1) is 19.3 Å². The Kier molecular flexibility index (Phi) is 7.97. The molecule has 2 aliphatic carbocycles. The summed E-state index contributed by atoms with van der Waals surface area (Å²) >= 11 is 0. The Morgan fingerprint density at radius 3 is 2.54 bits per heavy atom. The Labute approximate surface area is 262 Å². The van der Waals surface area contributed by atoms with Crippen molar-refractivity contribution in [3.05, 3.63) is 99.3 Å². The number of hydrogen-bond donors (Lipinski definition) is 3. The third kappa shape index (κ3) is 5.55. The van der Waals surface area contributed by atoms with Gasteiger partial charge in [-0.05, 0) is 79.4 Å². The number of carbonyl (C=O) groups excluding carboxylic acids is 2. The predicted octanol–water partition coefficient (Wildman–Crippen LogP) is 3.38. The van der Waals surface area contributed by atoms with Gasteiger partial charge in [0, 0.05) is 27.5 Å². The monoisotopic (exact) mass is 631 g/mol. The van der Waals surface area contributed by atoms with E-state index in [0.717, 1.165) is 0 Å². The predicted molar refractivity (Wildman–Crippen MR) is 165 cm³/mol. The van der Waals surface area contributed by atoms with Crippen molar-refractivity contribution < 1.29 is 37.3 Å². The maximum Gasteiger partial charge on any atom is 0.263 e. The first kappa shape index (κ1) is 31.1. The van der Waals surface area contributed by atoms with Crippen molar-refractivity contribution in [2.45, 2.75) is 37.2 Å². The number of pyridine rings is 1. The highest BCUT2D eigenvalue weighted by atomic mass is 19.3. The fourth-order valence-electron chi connectivity index (χ4n) is 5.86. The molecular weight excluding hydrogens is 599 g/mol. The summed E-state index contributed by atoms with van der Waals surface area (Å²) in [7, 11) is 1.42.